The molecule has 1 aliphatic heterocycles. The molecule has 0 aliphatic carbocycles. The molecule has 0 bridgehead atoms. The molecular weight excluding hydrogens is 317 g/mol. The molecule has 0 unspecified atom stereocenters. The van der Waals surface area contributed by atoms with Crippen molar-refractivity contribution in [2.45, 2.75) is 12.2 Å². The predicted octanol–water partition coefficient (Wildman–Crippen LogP) is 0.695. The van der Waals surface area contributed by atoms with Gasteiger partial charge in [0, 0.05) is 25.0 Å². The molecule has 1 fully saturated rings. The number of carbonyl (C=O) groups excluding carboxylic acids is 3. The molecule has 1 atom stereocenters. The first-order valence-electron chi connectivity index (χ1n) is 6.51. The lowest BCUT2D eigenvalue weighted by atomic mass is 10.1. The van der Waals surface area contributed by atoms with Crippen LogP contribution in [0.15, 0.2) is 24.5 Å². The number of carbonyl (C=O) groups is 3. The van der Waals surface area contributed by atoms with Crippen molar-refractivity contribution in [3.05, 3.63) is 30.1 Å². The van der Waals surface area contributed by atoms with E-state index in [1.807, 2.05) is 0 Å². The van der Waals surface area contributed by atoms with Gasteiger partial charge in [0.05, 0.1) is 0 Å². The molecule has 1 aromatic rings. The highest BCUT2D eigenvalue weighted by molar-refractivity contribution is 6.04. The van der Waals surface area contributed by atoms with Crippen molar-refractivity contribution in [1.82, 2.24) is 20.1 Å². The molecule has 2 rings (SSSR count). The molecule has 7 nitrogen and oxygen atoms in total. The van der Waals surface area contributed by atoms with E-state index in [1.54, 1.807) is 5.32 Å². The zero-order chi connectivity index (χ0) is 17.2. The summed E-state index contributed by atoms with van der Waals surface area (Å²) in [6.07, 6.45) is -2.46. The highest BCUT2D eigenvalue weighted by Crippen LogP contribution is 2.32. The van der Waals surface area contributed by atoms with Gasteiger partial charge in [-0.3, -0.25) is 19.5 Å². The molecule has 0 aromatic carbocycles. The van der Waals surface area contributed by atoms with Crippen LogP contribution in [0.4, 0.5) is 18.0 Å². The lowest BCUT2D eigenvalue weighted by molar-refractivity contribution is -0.163. The van der Waals surface area contributed by atoms with Gasteiger partial charge in [0.25, 0.3) is 5.91 Å². The average molecular weight is 330 g/mol. The fourth-order valence-electron chi connectivity index (χ4n) is 2.08. The standard InChI is InChI=1S/C13H13F3N4O3/c1-19-7-10(22)20(12(19)23)6-9(21)18-11(13(14,15)16)8-3-2-4-17-5-8/h2-5,11H,6-7H2,1H3,(H,18,21)/t11-/m1/s1. The van der Waals surface area contributed by atoms with Crippen molar-refractivity contribution in [3.63, 3.8) is 0 Å². The Morgan fingerprint density at radius 2 is 2.13 bits per heavy atom. The molecule has 1 aromatic heterocycles. The van der Waals surface area contributed by atoms with E-state index >= 15 is 0 Å². The van der Waals surface area contributed by atoms with Gasteiger partial charge in [-0.1, -0.05) is 6.07 Å². The van der Waals surface area contributed by atoms with E-state index in [0.29, 0.717) is 4.90 Å². The van der Waals surface area contributed by atoms with Gasteiger partial charge in [0.2, 0.25) is 5.91 Å². The number of amides is 4. The molecule has 1 saturated heterocycles. The lowest BCUT2D eigenvalue weighted by Gasteiger charge is -2.23. The number of likely N-dealkylation sites (N-methyl/N-ethyl adjacent to an activating group) is 1. The highest BCUT2D eigenvalue weighted by Gasteiger charge is 2.43. The van der Waals surface area contributed by atoms with Gasteiger partial charge >= 0.3 is 12.2 Å². The number of rotatable bonds is 4. The van der Waals surface area contributed by atoms with Crippen LogP contribution in [-0.4, -0.2) is 58.9 Å². The Morgan fingerprint density at radius 1 is 1.43 bits per heavy atom. The van der Waals surface area contributed by atoms with E-state index in [-0.39, 0.29) is 12.1 Å². The average Bonchev–Trinajstić information content (AvgIpc) is 2.71. The van der Waals surface area contributed by atoms with E-state index in [1.165, 1.54) is 25.4 Å². The Bertz CT molecular complexity index is 621. The van der Waals surface area contributed by atoms with E-state index in [9.17, 15) is 27.6 Å². The number of urea groups is 1. The molecule has 1 N–H and O–H groups in total. The lowest BCUT2D eigenvalue weighted by Crippen LogP contribution is -2.45. The topological polar surface area (TPSA) is 82.6 Å². The minimum atomic E-state index is -4.74. The summed E-state index contributed by atoms with van der Waals surface area (Å²) in [5.41, 5.74) is -0.246. The maximum atomic E-state index is 13.1. The number of hydrogen-bond acceptors (Lipinski definition) is 4. The van der Waals surface area contributed by atoms with Crippen molar-refractivity contribution < 1.29 is 27.6 Å². The minimum Gasteiger partial charge on any atom is -0.339 e. The van der Waals surface area contributed by atoms with Crippen LogP contribution in [0.1, 0.15) is 11.6 Å². The van der Waals surface area contributed by atoms with E-state index in [2.05, 4.69) is 4.98 Å². The molecule has 0 saturated carbocycles. The third-order valence-electron chi connectivity index (χ3n) is 3.18. The van der Waals surface area contributed by atoms with E-state index < -0.39 is 36.6 Å². The van der Waals surface area contributed by atoms with Crippen LogP contribution in [0.3, 0.4) is 0 Å². The van der Waals surface area contributed by atoms with Crippen LogP contribution < -0.4 is 5.32 Å². The van der Waals surface area contributed by atoms with Crippen molar-refractivity contribution in [1.29, 1.82) is 0 Å². The van der Waals surface area contributed by atoms with Gasteiger partial charge < -0.3 is 10.2 Å². The van der Waals surface area contributed by atoms with Crippen molar-refractivity contribution in [2.75, 3.05) is 20.1 Å². The fraction of sp³-hybridized carbons (Fsp3) is 0.385. The van der Waals surface area contributed by atoms with Gasteiger partial charge in [0.1, 0.15) is 13.1 Å². The Morgan fingerprint density at radius 3 is 2.61 bits per heavy atom. The maximum Gasteiger partial charge on any atom is 0.412 e. The Hall–Kier alpha value is -2.65. The number of alkyl halides is 3. The third-order valence-corrected chi connectivity index (χ3v) is 3.18. The molecule has 124 valence electrons. The number of hydrogen-bond donors (Lipinski definition) is 1. The third kappa shape index (κ3) is 3.76. The second-order valence-corrected chi connectivity index (χ2v) is 4.95. The van der Waals surface area contributed by atoms with Crippen LogP contribution in [0.5, 0.6) is 0 Å². The summed E-state index contributed by atoms with van der Waals surface area (Å²) in [5.74, 6) is -1.73. The summed E-state index contributed by atoms with van der Waals surface area (Å²) in [7, 11) is 1.35. The van der Waals surface area contributed by atoms with Gasteiger partial charge in [0.15, 0.2) is 6.04 Å². The predicted molar refractivity (Wildman–Crippen MR) is 70.9 cm³/mol. The van der Waals surface area contributed by atoms with Crippen molar-refractivity contribution in [3.8, 4) is 0 Å². The largest absolute Gasteiger partial charge is 0.412 e. The monoisotopic (exact) mass is 330 g/mol. The van der Waals surface area contributed by atoms with Crippen LogP contribution in [0.2, 0.25) is 0 Å². The maximum absolute atomic E-state index is 13.1. The number of nitrogens with zero attached hydrogens (tertiary/aromatic N) is 3. The summed E-state index contributed by atoms with van der Waals surface area (Å²) in [6.45, 7) is -0.980. The van der Waals surface area contributed by atoms with Crippen molar-refractivity contribution in [2.24, 2.45) is 0 Å². The number of imide groups is 1. The summed E-state index contributed by atoms with van der Waals surface area (Å²) in [5, 5.41) is 1.79. The first-order chi connectivity index (χ1) is 10.7. The van der Waals surface area contributed by atoms with Crippen LogP contribution >= 0.6 is 0 Å². The molecule has 0 radical (unpaired) electrons. The van der Waals surface area contributed by atoms with Gasteiger partial charge in [-0.2, -0.15) is 13.2 Å². The number of nitrogens with one attached hydrogen (secondary N) is 1. The zero-order valence-electron chi connectivity index (χ0n) is 12.0. The van der Waals surface area contributed by atoms with Crippen LogP contribution in [0.25, 0.3) is 0 Å². The van der Waals surface area contributed by atoms with E-state index in [0.717, 1.165) is 11.1 Å². The SMILES string of the molecule is CN1CC(=O)N(CC(=O)N[C@H](c2cccnc2)C(F)(F)F)C1=O. The molecule has 4 amide bonds. The smallest absolute Gasteiger partial charge is 0.339 e. The summed E-state index contributed by atoms with van der Waals surface area (Å²) in [4.78, 5) is 40.2. The van der Waals surface area contributed by atoms with Gasteiger partial charge in [-0.25, -0.2) is 4.79 Å². The van der Waals surface area contributed by atoms with Crippen molar-refractivity contribution >= 4 is 17.8 Å². The first kappa shape index (κ1) is 16.7. The van der Waals surface area contributed by atoms with Gasteiger partial charge in [-0.05, 0) is 6.07 Å². The summed E-state index contributed by atoms with van der Waals surface area (Å²) in [6, 6.07) is -0.516. The van der Waals surface area contributed by atoms with Crippen LogP contribution in [-0.2, 0) is 9.59 Å². The Kier molecular flexibility index (Phi) is 4.52. The molecule has 23 heavy (non-hydrogen) atoms. The Labute approximate surface area is 129 Å². The fourth-order valence-corrected chi connectivity index (χ4v) is 2.08. The quantitative estimate of drug-likeness (QED) is 0.824. The molecule has 10 heteroatoms. The Balaban J connectivity index is 2.10. The minimum absolute atomic E-state index is 0.211. The highest BCUT2D eigenvalue weighted by atomic mass is 19.4. The second kappa shape index (κ2) is 6.23. The number of pyridine rings is 1. The summed E-state index contributed by atoms with van der Waals surface area (Å²) < 4.78 is 39.3. The number of halogens is 3. The molecule has 2 heterocycles. The summed E-state index contributed by atoms with van der Waals surface area (Å²) >= 11 is 0. The molecule has 1 aliphatic rings. The zero-order valence-corrected chi connectivity index (χ0v) is 12.0. The molecule has 0 spiro atoms. The molecular formula is C13H13F3N4O3. The normalized spacial score (nSPS) is 16.7. The second-order valence-electron chi connectivity index (χ2n) is 4.95. The van der Waals surface area contributed by atoms with Crippen LogP contribution in [0, 0.1) is 0 Å². The first-order valence-corrected chi connectivity index (χ1v) is 6.51. The van der Waals surface area contributed by atoms with E-state index in [4.69, 9.17) is 0 Å². The van der Waals surface area contributed by atoms with Gasteiger partial charge in [-0.15, -0.1) is 0 Å². The number of aromatic nitrogens is 1.